The van der Waals surface area contributed by atoms with Gasteiger partial charge in [-0.2, -0.15) is 4.31 Å². The average Bonchev–Trinajstić information content (AvgIpc) is 2.94. The summed E-state index contributed by atoms with van der Waals surface area (Å²) >= 11 is 0. The second kappa shape index (κ2) is 14.3. The van der Waals surface area contributed by atoms with Gasteiger partial charge in [0, 0.05) is 25.8 Å². The third-order valence-electron chi connectivity index (χ3n) is 7.05. The summed E-state index contributed by atoms with van der Waals surface area (Å²) in [5, 5.41) is 11.9. The van der Waals surface area contributed by atoms with Crippen LogP contribution in [-0.4, -0.2) is 61.3 Å². The molecule has 1 unspecified atom stereocenters. The number of alkyl carbamates (subject to hydrolysis) is 1. The maximum Gasteiger partial charge on any atom is 0.410 e. The monoisotopic (exact) mass is 660 g/mol. The summed E-state index contributed by atoms with van der Waals surface area (Å²) in [5.41, 5.74) is -0.457. The van der Waals surface area contributed by atoms with E-state index in [1.165, 1.54) is 73.7 Å². The van der Waals surface area contributed by atoms with E-state index in [9.17, 15) is 36.7 Å². The van der Waals surface area contributed by atoms with Gasteiger partial charge >= 0.3 is 18.0 Å². The third-order valence-corrected chi connectivity index (χ3v) is 8.84. The van der Waals surface area contributed by atoms with Crippen LogP contribution in [0.2, 0.25) is 0 Å². The normalized spacial score (nSPS) is 15.7. The molecule has 246 valence electrons. The number of aliphatic carboxylic acids is 1. The molecule has 1 amide bonds. The number of nitrogens with one attached hydrogen (secondary N) is 1. The number of carboxylic acids is 1. The lowest BCUT2D eigenvalue weighted by atomic mass is 9.87. The first-order valence-corrected chi connectivity index (χ1v) is 15.8. The van der Waals surface area contributed by atoms with Crippen LogP contribution in [0.15, 0.2) is 77.7 Å². The molecular formula is C32H34F2N2O9S. The van der Waals surface area contributed by atoms with E-state index < -0.39 is 57.6 Å². The van der Waals surface area contributed by atoms with Crippen molar-refractivity contribution >= 4 is 28.1 Å². The van der Waals surface area contributed by atoms with Gasteiger partial charge in [0.1, 0.15) is 23.4 Å². The molecule has 0 spiro atoms. The molecule has 1 heterocycles. The van der Waals surface area contributed by atoms with Crippen LogP contribution >= 0.6 is 0 Å². The molecule has 0 bridgehead atoms. The second-order valence-electron chi connectivity index (χ2n) is 11.3. The zero-order chi connectivity index (χ0) is 33.6. The lowest BCUT2D eigenvalue weighted by molar-refractivity contribution is -0.166. The molecule has 14 heteroatoms. The fraction of sp³-hybridized carbons (Fsp3) is 0.344. The second-order valence-corrected chi connectivity index (χ2v) is 13.2. The van der Waals surface area contributed by atoms with Crippen molar-refractivity contribution in [1.29, 1.82) is 0 Å². The zero-order valence-electron chi connectivity index (χ0n) is 25.3. The number of benzene rings is 3. The molecule has 46 heavy (non-hydrogen) atoms. The van der Waals surface area contributed by atoms with Crippen LogP contribution in [0.1, 0.15) is 38.3 Å². The summed E-state index contributed by atoms with van der Waals surface area (Å²) < 4.78 is 72.0. The molecule has 0 aromatic heterocycles. The molecule has 2 atom stereocenters. The molecule has 0 radical (unpaired) electrons. The number of hydrogen-bond donors (Lipinski definition) is 2. The first-order valence-electron chi connectivity index (χ1n) is 14.4. The largest absolute Gasteiger partial charge is 0.480 e. The van der Waals surface area contributed by atoms with Crippen LogP contribution in [0.25, 0.3) is 0 Å². The highest BCUT2D eigenvalue weighted by Crippen LogP contribution is 2.40. The molecule has 11 nitrogen and oxygen atoms in total. The lowest BCUT2D eigenvalue weighted by Crippen LogP contribution is -2.64. The highest BCUT2D eigenvalue weighted by Gasteiger charge is 2.52. The van der Waals surface area contributed by atoms with Crippen LogP contribution in [0.3, 0.4) is 0 Å². The van der Waals surface area contributed by atoms with Crippen molar-refractivity contribution in [1.82, 2.24) is 9.62 Å². The number of sulfonamides is 1. The number of carbonyl (C=O) groups is 3. The maximum atomic E-state index is 13.9. The number of amides is 1. The fourth-order valence-electron chi connectivity index (χ4n) is 4.84. The van der Waals surface area contributed by atoms with Gasteiger partial charge in [-0.15, -0.1) is 0 Å². The smallest absolute Gasteiger partial charge is 0.410 e. The van der Waals surface area contributed by atoms with Gasteiger partial charge in [-0.05, 0) is 53.4 Å². The van der Waals surface area contributed by atoms with Crippen molar-refractivity contribution in [2.24, 2.45) is 5.92 Å². The summed E-state index contributed by atoms with van der Waals surface area (Å²) in [4.78, 5) is 35.9. The topological polar surface area (TPSA) is 149 Å². The van der Waals surface area contributed by atoms with Gasteiger partial charge in [-0.25, -0.2) is 26.8 Å². The Kier molecular flexibility index (Phi) is 10.6. The molecule has 0 saturated carbocycles. The Labute approximate surface area is 265 Å². The Morgan fingerprint density at radius 1 is 0.935 bits per heavy atom. The first-order chi connectivity index (χ1) is 21.7. The Bertz CT molecular complexity index is 1680. The minimum absolute atomic E-state index is 0.0245. The fourth-order valence-corrected chi connectivity index (χ4v) is 6.45. The van der Waals surface area contributed by atoms with Crippen LogP contribution in [-0.2, 0) is 41.1 Å². The van der Waals surface area contributed by atoms with Gasteiger partial charge in [0.25, 0.3) is 0 Å². The van der Waals surface area contributed by atoms with Crippen LogP contribution < -0.4 is 10.1 Å². The molecule has 0 aliphatic carbocycles. The summed E-state index contributed by atoms with van der Waals surface area (Å²) in [7, 11) is -4.13. The zero-order valence-corrected chi connectivity index (χ0v) is 26.1. The molecule has 1 aliphatic heterocycles. The van der Waals surface area contributed by atoms with Crippen molar-refractivity contribution in [2.75, 3.05) is 13.1 Å². The average molecular weight is 661 g/mol. The van der Waals surface area contributed by atoms with Gasteiger partial charge in [-0.3, -0.25) is 4.79 Å². The SMILES string of the molecule is CC(C)CC(=O)OC(C)OC(=O)N[C@@H](Cc1cccc(S(=O)(=O)N2CC(Oc3cccc(F)c3)(c3ccc(F)cc3)C2)c1)C(=O)O. The number of esters is 1. The molecule has 3 aromatic carbocycles. The van der Waals surface area contributed by atoms with Gasteiger partial charge in [0.2, 0.25) is 16.3 Å². The first kappa shape index (κ1) is 34.3. The van der Waals surface area contributed by atoms with E-state index in [0.29, 0.717) is 5.56 Å². The van der Waals surface area contributed by atoms with E-state index in [2.05, 4.69) is 5.32 Å². The number of carbonyl (C=O) groups excluding carboxylic acids is 2. The molecule has 2 N–H and O–H groups in total. The highest BCUT2D eigenvalue weighted by molar-refractivity contribution is 7.89. The van der Waals surface area contributed by atoms with E-state index in [1.807, 2.05) is 13.8 Å². The van der Waals surface area contributed by atoms with Crippen molar-refractivity contribution < 1.29 is 50.9 Å². The Balaban J connectivity index is 1.46. The van der Waals surface area contributed by atoms with E-state index in [1.54, 1.807) is 0 Å². The number of nitrogens with zero attached hydrogens (tertiary/aromatic N) is 1. The van der Waals surface area contributed by atoms with Crippen LogP contribution in [0, 0.1) is 17.6 Å². The van der Waals surface area contributed by atoms with Crippen molar-refractivity contribution in [3.63, 3.8) is 0 Å². The predicted octanol–water partition coefficient (Wildman–Crippen LogP) is 4.60. The van der Waals surface area contributed by atoms with E-state index >= 15 is 0 Å². The van der Waals surface area contributed by atoms with E-state index in [0.717, 1.165) is 10.4 Å². The lowest BCUT2D eigenvalue weighted by Gasteiger charge is -2.48. The predicted molar refractivity (Wildman–Crippen MR) is 160 cm³/mol. The molecule has 1 aliphatic rings. The molecule has 1 saturated heterocycles. The molecule has 3 aromatic rings. The minimum atomic E-state index is -4.13. The van der Waals surface area contributed by atoms with Gasteiger partial charge in [0.15, 0.2) is 5.60 Å². The number of ether oxygens (including phenoxy) is 3. The number of rotatable bonds is 13. The maximum absolute atomic E-state index is 13.9. The molecule has 4 rings (SSSR count). The van der Waals surface area contributed by atoms with Crippen LogP contribution in [0.5, 0.6) is 5.75 Å². The van der Waals surface area contributed by atoms with Gasteiger partial charge in [-0.1, -0.05) is 44.2 Å². The van der Waals surface area contributed by atoms with Crippen molar-refractivity contribution in [3.8, 4) is 5.75 Å². The Morgan fingerprint density at radius 2 is 1.61 bits per heavy atom. The summed E-state index contributed by atoms with van der Waals surface area (Å²) in [6.45, 7) is 4.59. The summed E-state index contributed by atoms with van der Waals surface area (Å²) in [6.07, 6.45) is -2.59. The third kappa shape index (κ3) is 8.57. The minimum Gasteiger partial charge on any atom is -0.480 e. The number of hydrogen-bond acceptors (Lipinski definition) is 8. The summed E-state index contributed by atoms with van der Waals surface area (Å²) in [6, 6.07) is 14.8. The van der Waals surface area contributed by atoms with Gasteiger partial charge in [0.05, 0.1) is 18.0 Å². The van der Waals surface area contributed by atoms with Crippen LogP contribution in [0.4, 0.5) is 13.6 Å². The number of carboxylic acid groups (broad SMARTS) is 1. The number of halogens is 2. The Morgan fingerprint density at radius 3 is 2.24 bits per heavy atom. The highest BCUT2D eigenvalue weighted by atomic mass is 32.2. The standard InChI is InChI=1S/C32H34F2N2O9S/c1-20(2)14-29(37)43-21(3)44-31(40)35-28(30(38)39)16-22-6-4-9-27(15-22)46(41,42)36-18-32(19-36,23-10-12-24(33)13-11-23)45-26-8-5-7-25(34)17-26/h4-13,15,17,20-21,28H,14,16,18-19H2,1-3H3,(H,35,40)(H,38,39)/t21?,28-/m0/s1. The molecular weight excluding hydrogens is 626 g/mol. The Hall–Kier alpha value is -4.56. The van der Waals surface area contributed by atoms with Gasteiger partial charge < -0.3 is 24.6 Å². The van der Waals surface area contributed by atoms with E-state index in [4.69, 9.17) is 14.2 Å². The summed E-state index contributed by atoms with van der Waals surface area (Å²) in [5.74, 6) is -2.84. The quantitative estimate of drug-likeness (QED) is 0.198. The van der Waals surface area contributed by atoms with Crippen molar-refractivity contribution in [3.05, 3.63) is 95.6 Å². The molecule has 1 fully saturated rings. The van der Waals surface area contributed by atoms with Crippen molar-refractivity contribution in [2.45, 2.75) is 56.4 Å². The van der Waals surface area contributed by atoms with E-state index in [-0.39, 0.29) is 48.1 Å².